The number of aromatic nitrogens is 2. The topological polar surface area (TPSA) is 77.2 Å². The summed E-state index contributed by atoms with van der Waals surface area (Å²) in [5.41, 5.74) is 1.67. The molecule has 2 aromatic carbocycles. The second-order valence-corrected chi connectivity index (χ2v) is 5.75. The lowest BCUT2D eigenvalue weighted by atomic mass is 10.1. The molecular weight excluding hydrogens is 342 g/mol. The first-order chi connectivity index (χ1) is 12.1. The SMILES string of the molecule is COc1ccc(CC(=O)NCc2nnc(-c3ccc(Cl)cc3)o2)cc1. The average molecular weight is 358 g/mol. The van der Waals surface area contributed by atoms with Crippen molar-refractivity contribution in [3.8, 4) is 17.2 Å². The van der Waals surface area contributed by atoms with Gasteiger partial charge in [-0.05, 0) is 42.0 Å². The molecule has 0 aliphatic heterocycles. The average Bonchev–Trinajstić information content (AvgIpc) is 3.10. The summed E-state index contributed by atoms with van der Waals surface area (Å²) in [6, 6.07) is 14.4. The maximum atomic E-state index is 12.0. The van der Waals surface area contributed by atoms with Crippen molar-refractivity contribution in [1.82, 2.24) is 15.5 Å². The van der Waals surface area contributed by atoms with Crippen LogP contribution in [0.1, 0.15) is 11.5 Å². The van der Waals surface area contributed by atoms with Gasteiger partial charge >= 0.3 is 0 Å². The maximum absolute atomic E-state index is 12.0. The Kier molecular flexibility index (Phi) is 5.30. The number of halogens is 1. The maximum Gasteiger partial charge on any atom is 0.247 e. The minimum absolute atomic E-state index is 0.128. The molecule has 0 aliphatic carbocycles. The third kappa shape index (κ3) is 4.58. The third-order valence-electron chi connectivity index (χ3n) is 3.52. The van der Waals surface area contributed by atoms with Crippen molar-refractivity contribution in [2.45, 2.75) is 13.0 Å². The van der Waals surface area contributed by atoms with Gasteiger partial charge in [0, 0.05) is 10.6 Å². The van der Waals surface area contributed by atoms with Crippen molar-refractivity contribution in [3.63, 3.8) is 0 Å². The van der Waals surface area contributed by atoms with Gasteiger partial charge in [0.25, 0.3) is 0 Å². The summed E-state index contributed by atoms with van der Waals surface area (Å²) in [7, 11) is 1.60. The molecule has 1 heterocycles. The first-order valence-electron chi connectivity index (χ1n) is 7.62. The molecule has 128 valence electrons. The van der Waals surface area contributed by atoms with E-state index in [1.807, 2.05) is 24.3 Å². The molecule has 3 rings (SSSR count). The number of benzene rings is 2. The molecule has 0 bridgehead atoms. The highest BCUT2D eigenvalue weighted by molar-refractivity contribution is 6.30. The highest BCUT2D eigenvalue weighted by Gasteiger charge is 2.10. The van der Waals surface area contributed by atoms with Crippen molar-refractivity contribution in [2.24, 2.45) is 0 Å². The molecule has 0 fully saturated rings. The normalized spacial score (nSPS) is 10.5. The smallest absolute Gasteiger partial charge is 0.247 e. The summed E-state index contributed by atoms with van der Waals surface area (Å²) in [5, 5.41) is 11.3. The van der Waals surface area contributed by atoms with Crippen LogP contribution in [0.5, 0.6) is 5.75 Å². The summed E-state index contributed by atoms with van der Waals surface area (Å²) >= 11 is 5.85. The molecule has 6 nitrogen and oxygen atoms in total. The molecule has 0 spiro atoms. The lowest BCUT2D eigenvalue weighted by Crippen LogP contribution is -2.24. The molecule has 1 amide bonds. The third-order valence-corrected chi connectivity index (χ3v) is 3.77. The van der Waals surface area contributed by atoms with Gasteiger partial charge < -0.3 is 14.5 Å². The monoisotopic (exact) mass is 357 g/mol. The number of carbonyl (C=O) groups excluding carboxylic acids is 1. The van der Waals surface area contributed by atoms with Gasteiger partial charge in [-0.3, -0.25) is 4.79 Å². The van der Waals surface area contributed by atoms with Crippen LogP contribution in [-0.4, -0.2) is 23.2 Å². The first kappa shape index (κ1) is 17.0. The zero-order chi connectivity index (χ0) is 17.6. The Balaban J connectivity index is 1.54. The Bertz CT molecular complexity index is 845. The molecule has 1 N–H and O–H groups in total. The Morgan fingerprint density at radius 3 is 2.52 bits per heavy atom. The summed E-state index contributed by atoms with van der Waals surface area (Å²) in [6.45, 7) is 0.176. The lowest BCUT2D eigenvalue weighted by molar-refractivity contribution is -0.120. The van der Waals surface area contributed by atoms with Gasteiger partial charge in [-0.25, -0.2) is 0 Å². The predicted octanol–water partition coefficient (Wildman–Crippen LogP) is 3.26. The van der Waals surface area contributed by atoms with E-state index in [9.17, 15) is 4.79 Å². The Hall–Kier alpha value is -2.86. The number of rotatable bonds is 6. The number of amides is 1. The number of hydrogen-bond donors (Lipinski definition) is 1. The van der Waals surface area contributed by atoms with Crippen molar-refractivity contribution in [2.75, 3.05) is 7.11 Å². The van der Waals surface area contributed by atoms with Gasteiger partial charge in [-0.15, -0.1) is 10.2 Å². The molecule has 3 aromatic rings. The molecule has 0 saturated heterocycles. The van der Waals surface area contributed by atoms with Crippen LogP contribution in [0.3, 0.4) is 0 Å². The van der Waals surface area contributed by atoms with Crippen LogP contribution in [-0.2, 0) is 17.8 Å². The van der Waals surface area contributed by atoms with E-state index in [1.54, 1.807) is 31.4 Å². The number of carbonyl (C=O) groups is 1. The molecule has 7 heteroatoms. The van der Waals surface area contributed by atoms with E-state index in [0.717, 1.165) is 16.9 Å². The number of hydrogen-bond acceptors (Lipinski definition) is 5. The van der Waals surface area contributed by atoms with E-state index in [1.165, 1.54) is 0 Å². The van der Waals surface area contributed by atoms with E-state index in [2.05, 4.69) is 15.5 Å². The molecular formula is C18H16ClN3O3. The second kappa shape index (κ2) is 7.81. The second-order valence-electron chi connectivity index (χ2n) is 5.31. The largest absolute Gasteiger partial charge is 0.497 e. The first-order valence-corrected chi connectivity index (χ1v) is 8.00. The van der Waals surface area contributed by atoms with Crippen LogP contribution in [0.4, 0.5) is 0 Å². The zero-order valence-corrected chi connectivity index (χ0v) is 14.3. The van der Waals surface area contributed by atoms with E-state index in [-0.39, 0.29) is 18.9 Å². The summed E-state index contributed by atoms with van der Waals surface area (Å²) < 4.78 is 10.6. The van der Waals surface area contributed by atoms with Gasteiger partial charge in [-0.1, -0.05) is 23.7 Å². The Labute approximate surface area is 149 Å². The van der Waals surface area contributed by atoms with E-state index in [0.29, 0.717) is 16.8 Å². The molecule has 25 heavy (non-hydrogen) atoms. The van der Waals surface area contributed by atoms with Crippen LogP contribution < -0.4 is 10.1 Å². The Morgan fingerprint density at radius 1 is 1.12 bits per heavy atom. The lowest BCUT2D eigenvalue weighted by Gasteiger charge is -2.04. The highest BCUT2D eigenvalue weighted by atomic mass is 35.5. The van der Waals surface area contributed by atoms with Gasteiger partial charge in [0.15, 0.2) is 0 Å². The fourth-order valence-electron chi connectivity index (χ4n) is 2.20. The fraction of sp³-hybridized carbons (Fsp3) is 0.167. The van der Waals surface area contributed by atoms with Gasteiger partial charge in [0.2, 0.25) is 17.7 Å². The fourth-order valence-corrected chi connectivity index (χ4v) is 2.33. The molecule has 0 atom stereocenters. The Morgan fingerprint density at radius 2 is 1.84 bits per heavy atom. The molecule has 1 aromatic heterocycles. The van der Waals surface area contributed by atoms with Crippen molar-refractivity contribution < 1.29 is 13.9 Å². The van der Waals surface area contributed by atoms with Crippen LogP contribution in [0.15, 0.2) is 52.9 Å². The van der Waals surface area contributed by atoms with Gasteiger partial charge in [0.05, 0.1) is 20.1 Å². The number of nitrogens with zero attached hydrogens (tertiary/aromatic N) is 2. The summed E-state index contributed by atoms with van der Waals surface area (Å²) in [6.07, 6.45) is 0.266. The van der Waals surface area contributed by atoms with E-state index >= 15 is 0 Å². The number of methoxy groups -OCH3 is 1. The molecule has 0 saturated carbocycles. The van der Waals surface area contributed by atoms with Crippen molar-refractivity contribution in [3.05, 3.63) is 65.0 Å². The van der Waals surface area contributed by atoms with Crippen LogP contribution in [0.25, 0.3) is 11.5 Å². The van der Waals surface area contributed by atoms with E-state index in [4.69, 9.17) is 20.8 Å². The quantitative estimate of drug-likeness (QED) is 0.732. The van der Waals surface area contributed by atoms with Gasteiger partial charge in [0.1, 0.15) is 5.75 Å². The molecule has 0 radical (unpaired) electrons. The van der Waals surface area contributed by atoms with Crippen LogP contribution >= 0.6 is 11.6 Å². The predicted molar refractivity (Wildman–Crippen MR) is 93.3 cm³/mol. The standard InChI is InChI=1S/C18H16ClN3O3/c1-24-15-8-2-12(3-9-15)10-16(23)20-11-17-21-22-18(25-17)13-4-6-14(19)7-5-13/h2-9H,10-11H2,1H3,(H,20,23). The highest BCUT2D eigenvalue weighted by Crippen LogP contribution is 2.20. The minimum Gasteiger partial charge on any atom is -0.497 e. The molecule has 0 aliphatic rings. The van der Waals surface area contributed by atoms with Crippen LogP contribution in [0, 0.1) is 0 Å². The van der Waals surface area contributed by atoms with Crippen molar-refractivity contribution >= 4 is 17.5 Å². The number of nitrogens with one attached hydrogen (secondary N) is 1. The van der Waals surface area contributed by atoms with E-state index < -0.39 is 0 Å². The van der Waals surface area contributed by atoms with Crippen molar-refractivity contribution in [1.29, 1.82) is 0 Å². The molecule has 0 unspecified atom stereocenters. The summed E-state index contributed by atoms with van der Waals surface area (Å²) in [4.78, 5) is 12.0. The number of ether oxygens (including phenoxy) is 1. The zero-order valence-electron chi connectivity index (χ0n) is 13.5. The van der Waals surface area contributed by atoms with Gasteiger partial charge in [-0.2, -0.15) is 0 Å². The summed E-state index contributed by atoms with van der Waals surface area (Å²) in [5.74, 6) is 1.35. The minimum atomic E-state index is -0.128. The van der Waals surface area contributed by atoms with Crippen LogP contribution in [0.2, 0.25) is 5.02 Å².